The van der Waals surface area contributed by atoms with Crippen LogP contribution in [0.1, 0.15) is 45.8 Å². The van der Waals surface area contributed by atoms with E-state index in [1.165, 1.54) is 0 Å². The van der Waals surface area contributed by atoms with Gasteiger partial charge in [-0.1, -0.05) is 0 Å². The van der Waals surface area contributed by atoms with E-state index in [0.29, 0.717) is 24.3 Å². The molecular formula is C17H23N5O2. The van der Waals surface area contributed by atoms with Gasteiger partial charge >= 0.3 is 0 Å². The van der Waals surface area contributed by atoms with Gasteiger partial charge in [0.15, 0.2) is 0 Å². The predicted molar refractivity (Wildman–Crippen MR) is 90.1 cm³/mol. The average molecular weight is 329 g/mol. The second-order valence-electron chi connectivity index (χ2n) is 6.54. The summed E-state index contributed by atoms with van der Waals surface area (Å²) in [4.78, 5) is 26.9. The van der Waals surface area contributed by atoms with Gasteiger partial charge in [0.1, 0.15) is 5.56 Å². The van der Waals surface area contributed by atoms with Crippen LogP contribution in [-0.4, -0.2) is 43.4 Å². The maximum atomic E-state index is 13.0. The van der Waals surface area contributed by atoms with Crippen LogP contribution < -0.4 is 5.56 Å². The standard InChI is InChI=1S/C17H23N5O2/c1-10-8-11(2)22(20-10)9-14-6-5-7-21(14)17(24)15-12(3)13(4)18-19-16(15)23/h8,14H,5-7,9H2,1-4H3,(H,19,23)/t14-/m0/s1. The number of H-pyrrole nitrogens is 1. The lowest BCUT2D eigenvalue weighted by Gasteiger charge is -2.25. The summed E-state index contributed by atoms with van der Waals surface area (Å²) < 4.78 is 1.94. The van der Waals surface area contributed by atoms with Gasteiger partial charge in [0.2, 0.25) is 0 Å². The van der Waals surface area contributed by atoms with Gasteiger partial charge in [0, 0.05) is 12.2 Å². The lowest BCUT2D eigenvalue weighted by Crippen LogP contribution is -2.41. The molecule has 0 unspecified atom stereocenters. The minimum Gasteiger partial charge on any atom is -0.334 e. The molecule has 128 valence electrons. The molecule has 7 nitrogen and oxygen atoms in total. The molecule has 3 heterocycles. The largest absolute Gasteiger partial charge is 0.334 e. The monoisotopic (exact) mass is 329 g/mol. The lowest BCUT2D eigenvalue weighted by molar-refractivity contribution is 0.0718. The number of carbonyl (C=O) groups excluding carboxylic acids is 1. The van der Waals surface area contributed by atoms with E-state index in [0.717, 1.165) is 24.2 Å². The van der Waals surface area contributed by atoms with Crippen molar-refractivity contribution >= 4 is 5.91 Å². The number of hydrogen-bond acceptors (Lipinski definition) is 4. The Balaban J connectivity index is 1.88. The maximum Gasteiger partial charge on any atom is 0.277 e. The second kappa shape index (κ2) is 6.22. The van der Waals surface area contributed by atoms with Crippen LogP contribution in [0.3, 0.4) is 0 Å². The maximum absolute atomic E-state index is 13.0. The van der Waals surface area contributed by atoms with Gasteiger partial charge in [0.05, 0.1) is 24.0 Å². The molecule has 1 amide bonds. The van der Waals surface area contributed by atoms with Gasteiger partial charge in [-0.25, -0.2) is 5.10 Å². The first-order valence-corrected chi connectivity index (χ1v) is 8.26. The second-order valence-corrected chi connectivity index (χ2v) is 6.54. The van der Waals surface area contributed by atoms with Crippen molar-refractivity contribution in [1.29, 1.82) is 0 Å². The van der Waals surface area contributed by atoms with Crippen molar-refractivity contribution in [2.75, 3.05) is 6.54 Å². The Morgan fingerprint density at radius 2 is 2.08 bits per heavy atom. The highest BCUT2D eigenvalue weighted by Gasteiger charge is 2.32. The molecule has 3 rings (SSSR count). The highest BCUT2D eigenvalue weighted by atomic mass is 16.2. The third kappa shape index (κ3) is 2.86. The lowest BCUT2D eigenvalue weighted by atomic mass is 10.1. The fourth-order valence-electron chi connectivity index (χ4n) is 3.38. The van der Waals surface area contributed by atoms with Crippen molar-refractivity contribution in [3.05, 3.63) is 44.6 Å². The quantitative estimate of drug-likeness (QED) is 0.925. The smallest absolute Gasteiger partial charge is 0.277 e. The summed E-state index contributed by atoms with van der Waals surface area (Å²) in [5.41, 5.74) is 3.18. The number of aryl methyl sites for hydroxylation is 3. The van der Waals surface area contributed by atoms with Crippen molar-refractivity contribution in [2.24, 2.45) is 0 Å². The summed E-state index contributed by atoms with van der Waals surface area (Å²) in [6.07, 6.45) is 1.86. The first-order valence-electron chi connectivity index (χ1n) is 8.26. The molecule has 0 aliphatic carbocycles. The SMILES string of the molecule is Cc1cc(C)n(C[C@@H]2CCCN2C(=O)c2c(C)c(C)n[nH]c2=O)n1. The Kier molecular flexibility index (Phi) is 4.26. The van der Waals surface area contributed by atoms with Gasteiger partial charge < -0.3 is 4.90 Å². The number of likely N-dealkylation sites (tertiary alicyclic amines) is 1. The molecule has 24 heavy (non-hydrogen) atoms. The van der Waals surface area contributed by atoms with Crippen LogP contribution in [0, 0.1) is 27.7 Å². The highest BCUT2D eigenvalue weighted by molar-refractivity contribution is 5.95. The summed E-state index contributed by atoms with van der Waals surface area (Å²) in [6.45, 7) is 8.87. The van der Waals surface area contributed by atoms with E-state index in [4.69, 9.17) is 0 Å². The minimum absolute atomic E-state index is 0.0581. The Morgan fingerprint density at radius 3 is 2.75 bits per heavy atom. The molecule has 1 saturated heterocycles. The zero-order valence-corrected chi connectivity index (χ0v) is 14.6. The fraction of sp³-hybridized carbons (Fsp3) is 0.529. The molecular weight excluding hydrogens is 306 g/mol. The molecule has 2 aromatic heterocycles. The molecule has 1 aliphatic heterocycles. The molecule has 2 aromatic rings. The normalized spacial score (nSPS) is 17.5. The van der Waals surface area contributed by atoms with E-state index in [2.05, 4.69) is 15.3 Å². The third-order valence-electron chi connectivity index (χ3n) is 4.81. The number of nitrogens with zero attached hydrogens (tertiary/aromatic N) is 4. The van der Waals surface area contributed by atoms with Gasteiger partial charge in [-0.15, -0.1) is 0 Å². The Bertz CT molecular complexity index is 836. The van der Waals surface area contributed by atoms with E-state index in [9.17, 15) is 9.59 Å². The molecule has 0 spiro atoms. The van der Waals surface area contributed by atoms with E-state index >= 15 is 0 Å². The first-order chi connectivity index (χ1) is 11.4. The van der Waals surface area contributed by atoms with Gasteiger partial charge in [-0.05, 0) is 52.2 Å². The number of aromatic amines is 1. The van der Waals surface area contributed by atoms with Gasteiger partial charge in [0.25, 0.3) is 11.5 Å². The van der Waals surface area contributed by atoms with Gasteiger partial charge in [-0.3, -0.25) is 14.3 Å². The van der Waals surface area contributed by atoms with Crippen molar-refractivity contribution in [3.8, 4) is 0 Å². The molecule has 0 aromatic carbocycles. The summed E-state index contributed by atoms with van der Waals surface area (Å²) in [7, 11) is 0. The third-order valence-corrected chi connectivity index (χ3v) is 4.81. The van der Waals surface area contributed by atoms with Crippen LogP contribution in [0.4, 0.5) is 0 Å². The summed E-state index contributed by atoms with van der Waals surface area (Å²) in [6, 6.07) is 2.09. The summed E-state index contributed by atoms with van der Waals surface area (Å²) in [5.74, 6) is -0.205. The molecule has 0 radical (unpaired) electrons. The molecule has 0 bridgehead atoms. The molecule has 1 fully saturated rings. The number of hydrogen-bond donors (Lipinski definition) is 1. The topological polar surface area (TPSA) is 83.9 Å². The van der Waals surface area contributed by atoms with Crippen LogP contribution in [0.25, 0.3) is 0 Å². The van der Waals surface area contributed by atoms with E-state index in [1.54, 1.807) is 13.8 Å². The number of aromatic nitrogens is 4. The molecule has 1 aliphatic rings. The van der Waals surface area contributed by atoms with Crippen LogP contribution >= 0.6 is 0 Å². The Morgan fingerprint density at radius 1 is 1.33 bits per heavy atom. The van der Waals surface area contributed by atoms with E-state index in [1.807, 2.05) is 29.5 Å². The van der Waals surface area contributed by atoms with Crippen molar-refractivity contribution in [1.82, 2.24) is 24.9 Å². The minimum atomic E-state index is -0.417. The fourth-order valence-corrected chi connectivity index (χ4v) is 3.38. The van der Waals surface area contributed by atoms with E-state index in [-0.39, 0.29) is 17.5 Å². The molecule has 7 heteroatoms. The van der Waals surface area contributed by atoms with Crippen molar-refractivity contribution in [2.45, 2.75) is 53.1 Å². The van der Waals surface area contributed by atoms with Crippen LogP contribution in [0.5, 0.6) is 0 Å². The Labute approximate surface area is 140 Å². The highest BCUT2D eigenvalue weighted by Crippen LogP contribution is 2.22. The molecule has 1 atom stereocenters. The number of amides is 1. The Hall–Kier alpha value is -2.44. The van der Waals surface area contributed by atoms with Crippen molar-refractivity contribution in [3.63, 3.8) is 0 Å². The van der Waals surface area contributed by atoms with Crippen molar-refractivity contribution < 1.29 is 4.79 Å². The number of rotatable bonds is 3. The number of nitrogens with one attached hydrogen (secondary N) is 1. The predicted octanol–water partition coefficient (Wildman–Crippen LogP) is 1.50. The average Bonchev–Trinajstić information content (AvgIpc) is 3.10. The van der Waals surface area contributed by atoms with Crippen LogP contribution in [-0.2, 0) is 6.54 Å². The molecule has 1 N–H and O–H groups in total. The molecule has 0 saturated carbocycles. The summed E-state index contributed by atoms with van der Waals surface area (Å²) in [5, 5.41) is 10.8. The zero-order chi connectivity index (χ0) is 17.4. The van der Waals surface area contributed by atoms with E-state index < -0.39 is 5.56 Å². The number of carbonyl (C=O) groups is 1. The van der Waals surface area contributed by atoms with Gasteiger partial charge in [-0.2, -0.15) is 10.2 Å². The van der Waals surface area contributed by atoms with Crippen LogP contribution in [0.2, 0.25) is 0 Å². The first kappa shape index (κ1) is 16.4. The summed E-state index contributed by atoms with van der Waals surface area (Å²) >= 11 is 0. The van der Waals surface area contributed by atoms with Crippen LogP contribution in [0.15, 0.2) is 10.9 Å². The zero-order valence-electron chi connectivity index (χ0n) is 14.6.